The number of esters is 1. The number of methoxy groups -OCH3 is 1. The molecule has 0 aliphatic heterocycles. The minimum Gasteiger partial charge on any atom is -0.464 e. The van der Waals surface area contributed by atoms with Gasteiger partial charge in [-0.25, -0.2) is 9.18 Å². The van der Waals surface area contributed by atoms with E-state index in [2.05, 4.69) is 9.72 Å². The van der Waals surface area contributed by atoms with Crippen LogP contribution in [-0.4, -0.2) is 18.1 Å². The second-order valence-corrected chi connectivity index (χ2v) is 3.46. The van der Waals surface area contributed by atoms with Crippen LogP contribution in [-0.2, 0) is 4.74 Å². The minimum atomic E-state index is -0.540. The average Bonchev–Trinajstić information content (AvgIpc) is 2.60. The number of nitrogens with one attached hydrogen (secondary N) is 1. The molecule has 5 heteroatoms. The van der Waals surface area contributed by atoms with E-state index in [1.54, 1.807) is 6.07 Å². The van der Waals surface area contributed by atoms with Gasteiger partial charge >= 0.3 is 5.97 Å². The number of carbonyl (C=O) groups is 1. The molecule has 2 rings (SSSR count). The average molecular weight is 228 g/mol. The third kappa shape index (κ3) is 1.68. The maximum atomic E-state index is 13.4. The third-order valence-electron chi connectivity index (χ3n) is 2.06. The van der Waals surface area contributed by atoms with E-state index in [-0.39, 0.29) is 10.7 Å². The van der Waals surface area contributed by atoms with E-state index in [1.165, 1.54) is 19.2 Å². The van der Waals surface area contributed by atoms with Gasteiger partial charge in [-0.1, -0.05) is 11.6 Å². The number of benzene rings is 1. The molecule has 0 saturated carbocycles. The maximum absolute atomic E-state index is 13.4. The van der Waals surface area contributed by atoms with E-state index < -0.39 is 11.8 Å². The van der Waals surface area contributed by atoms with Gasteiger partial charge in [-0.3, -0.25) is 0 Å². The molecule has 0 radical (unpaired) electrons. The molecule has 15 heavy (non-hydrogen) atoms. The molecule has 1 N–H and O–H groups in total. The van der Waals surface area contributed by atoms with Crippen LogP contribution in [0.3, 0.4) is 0 Å². The molecule has 0 aliphatic rings. The molecule has 0 saturated heterocycles. The zero-order valence-electron chi connectivity index (χ0n) is 7.80. The summed E-state index contributed by atoms with van der Waals surface area (Å²) in [6, 6.07) is 4.14. The van der Waals surface area contributed by atoms with Crippen molar-refractivity contribution in [3.05, 3.63) is 34.7 Å². The Labute approximate surface area is 89.8 Å². The highest BCUT2D eigenvalue weighted by Crippen LogP contribution is 2.23. The summed E-state index contributed by atoms with van der Waals surface area (Å²) in [7, 11) is 1.26. The van der Waals surface area contributed by atoms with E-state index in [1.807, 2.05) is 0 Å². The lowest BCUT2D eigenvalue weighted by atomic mass is 10.2. The fourth-order valence-electron chi connectivity index (χ4n) is 1.38. The van der Waals surface area contributed by atoms with Crippen molar-refractivity contribution >= 4 is 28.5 Å². The highest BCUT2D eigenvalue weighted by Gasteiger charge is 2.12. The van der Waals surface area contributed by atoms with Gasteiger partial charge in [0.25, 0.3) is 0 Å². The number of halogens is 2. The predicted octanol–water partition coefficient (Wildman–Crippen LogP) is 2.75. The number of ether oxygens (including phenoxy) is 1. The standard InChI is InChI=1S/C10H7ClFNO2/c1-15-10(14)9-4-6-7(12)2-5(11)3-8(6)13-9/h2-4,13H,1H3. The van der Waals surface area contributed by atoms with Crippen LogP contribution in [0.4, 0.5) is 4.39 Å². The molecule has 0 unspecified atom stereocenters. The second-order valence-electron chi connectivity index (χ2n) is 3.02. The van der Waals surface area contributed by atoms with Crippen LogP contribution in [0, 0.1) is 5.82 Å². The minimum absolute atomic E-state index is 0.202. The lowest BCUT2D eigenvalue weighted by Gasteiger charge is -1.93. The molecule has 0 aliphatic carbocycles. The van der Waals surface area contributed by atoms with Crippen molar-refractivity contribution in [3.63, 3.8) is 0 Å². The van der Waals surface area contributed by atoms with Crippen LogP contribution < -0.4 is 0 Å². The van der Waals surface area contributed by atoms with E-state index in [0.717, 1.165) is 0 Å². The lowest BCUT2D eigenvalue weighted by Crippen LogP contribution is -2.00. The first kappa shape index (κ1) is 9.98. The Morgan fingerprint density at radius 1 is 1.47 bits per heavy atom. The van der Waals surface area contributed by atoms with Gasteiger partial charge in [0.1, 0.15) is 11.5 Å². The highest BCUT2D eigenvalue weighted by atomic mass is 35.5. The van der Waals surface area contributed by atoms with Gasteiger partial charge < -0.3 is 9.72 Å². The molecule has 0 bridgehead atoms. The summed E-state index contributed by atoms with van der Waals surface area (Å²) in [6.45, 7) is 0. The quantitative estimate of drug-likeness (QED) is 0.762. The topological polar surface area (TPSA) is 42.1 Å². The number of aromatic nitrogens is 1. The monoisotopic (exact) mass is 227 g/mol. The smallest absolute Gasteiger partial charge is 0.354 e. The summed E-state index contributed by atoms with van der Waals surface area (Å²) >= 11 is 5.67. The third-order valence-corrected chi connectivity index (χ3v) is 2.28. The van der Waals surface area contributed by atoms with Crippen LogP contribution in [0.15, 0.2) is 18.2 Å². The van der Waals surface area contributed by atoms with Gasteiger partial charge in [0, 0.05) is 10.4 Å². The molecule has 78 valence electrons. The fourth-order valence-corrected chi connectivity index (χ4v) is 1.59. The predicted molar refractivity (Wildman–Crippen MR) is 54.6 cm³/mol. The van der Waals surface area contributed by atoms with Crippen molar-refractivity contribution in [3.8, 4) is 0 Å². The first-order chi connectivity index (χ1) is 7.11. The highest BCUT2D eigenvalue weighted by molar-refractivity contribution is 6.31. The van der Waals surface area contributed by atoms with Crippen molar-refractivity contribution in [2.45, 2.75) is 0 Å². The van der Waals surface area contributed by atoms with E-state index in [0.29, 0.717) is 10.9 Å². The van der Waals surface area contributed by atoms with Gasteiger partial charge in [-0.2, -0.15) is 0 Å². The Hall–Kier alpha value is -1.55. The van der Waals surface area contributed by atoms with Crippen molar-refractivity contribution in [1.29, 1.82) is 0 Å². The number of H-pyrrole nitrogens is 1. The lowest BCUT2D eigenvalue weighted by molar-refractivity contribution is 0.0595. The van der Waals surface area contributed by atoms with Crippen molar-refractivity contribution in [2.24, 2.45) is 0 Å². The van der Waals surface area contributed by atoms with Gasteiger partial charge in [0.15, 0.2) is 0 Å². The zero-order chi connectivity index (χ0) is 11.0. The molecule has 0 spiro atoms. The van der Waals surface area contributed by atoms with Crippen LogP contribution in [0.2, 0.25) is 5.02 Å². The number of fused-ring (bicyclic) bond motifs is 1. The summed E-state index contributed by atoms with van der Waals surface area (Å²) in [5.41, 5.74) is 0.675. The second kappa shape index (κ2) is 3.55. The maximum Gasteiger partial charge on any atom is 0.354 e. The van der Waals surface area contributed by atoms with Crippen molar-refractivity contribution < 1.29 is 13.9 Å². The number of hydrogen-bond acceptors (Lipinski definition) is 2. The summed E-state index contributed by atoms with van der Waals surface area (Å²) < 4.78 is 17.9. The van der Waals surface area contributed by atoms with Crippen LogP contribution in [0.1, 0.15) is 10.5 Å². The molecule has 0 atom stereocenters. The number of aromatic amines is 1. The number of rotatable bonds is 1. The largest absolute Gasteiger partial charge is 0.464 e. The normalized spacial score (nSPS) is 10.6. The summed E-state index contributed by atoms with van der Waals surface area (Å²) in [4.78, 5) is 13.9. The Balaban J connectivity index is 2.65. The van der Waals surface area contributed by atoms with Gasteiger partial charge in [0.2, 0.25) is 0 Å². The zero-order valence-corrected chi connectivity index (χ0v) is 8.56. The Kier molecular flexibility index (Phi) is 2.36. The molecule has 1 aromatic carbocycles. The van der Waals surface area contributed by atoms with E-state index >= 15 is 0 Å². The Morgan fingerprint density at radius 2 is 2.20 bits per heavy atom. The van der Waals surface area contributed by atoms with Crippen LogP contribution in [0.25, 0.3) is 10.9 Å². The molecular weight excluding hydrogens is 221 g/mol. The van der Waals surface area contributed by atoms with Gasteiger partial charge in [-0.05, 0) is 18.2 Å². The molecule has 3 nitrogen and oxygen atoms in total. The number of carbonyl (C=O) groups excluding carboxylic acids is 1. The first-order valence-electron chi connectivity index (χ1n) is 4.18. The molecule has 0 amide bonds. The van der Waals surface area contributed by atoms with Crippen LogP contribution >= 0.6 is 11.6 Å². The van der Waals surface area contributed by atoms with Crippen LogP contribution in [0.5, 0.6) is 0 Å². The SMILES string of the molecule is COC(=O)c1cc2c(F)cc(Cl)cc2[nH]1. The number of hydrogen-bond donors (Lipinski definition) is 1. The van der Waals surface area contributed by atoms with Crippen molar-refractivity contribution in [1.82, 2.24) is 4.98 Å². The summed E-state index contributed by atoms with van der Waals surface area (Å²) in [5, 5.41) is 0.595. The van der Waals surface area contributed by atoms with Gasteiger partial charge in [0.05, 0.1) is 12.6 Å². The van der Waals surface area contributed by atoms with E-state index in [9.17, 15) is 9.18 Å². The van der Waals surface area contributed by atoms with Gasteiger partial charge in [-0.15, -0.1) is 0 Å². The molecule has 2 aromatic rings. The first-order valence-corrected chi connectivity index (χ1v) is 4.55. The molecule has 1 heterocycles. The fraction of sp³-hybridized carbons (Fsp3) is 0.100. The Bertz CT molecular complexity index is 535. The Morgan fingerprint density at radius 3 is 2.87 bits per heavy atom. The molecular formula is C10H7ClFNO2. The molecule has 0 fully saturated rings. The van der Waals surface area contributed by atoms with E-state index in [4.69, 9.17) is 11.6 Å². The molecule has 1 aromatic heterocycles. The van der Waals surface area contributed by atoms with Crippen molar-refractivity contribution in [2.75, 3.05) is 7.11 Å². The summed E-state index contributed by atoms with van der Waals surface area (Å²) in [6.07, 6.45) is 0. The summed E-state index contributed by atoms with van der Waals surface area (Å²) in [5.74, 6) is -1.01.